The molecule has 0 saturated carbocycles. The van der Waals surface area contributed by atoms with Gasteiger partial charge in [0.25, 0.3) is 0 Å². The van der Waals surface area contributed by atoms with Crippen molar-refractivity contribution in [3.05, 3.63) is 35.6 Å². The molecule has 122 valence electrons. The van der Waals surface area contributed by atoms with Gasteiger partial charge in [-0.05, 0) is 42.9 Å². The number of carbonyl (C=O) groups excluding carboxylic acids is 1. The van der Waals surface area contributed by atoms with E-state index in [1.54, 1.807) is 17.0 Å². The number of rotatable bonds is 5. The van der Waals surface area contributed by atoms with E-state index in [0.717, 1.165) is 18.4 Å². The molecule has 0 aromatic heterocycles. The van der Waals surface area contributed by atoms with Crippen LogP contribution in [-0.4, -0.2) is 41.3 Å². The summed E-state index contributed by atoms with van der Waals surface area (Å²) in [7, 11) is 0. The third-order valence-electron chi connectivity index (χ3n) is 4.33. The molecule has 1 heterocycles. The molecule has 0 aliphatic carbocycles. The average molecular weight is 308 g/mol. The zero-order valence-electron chi connectivity index (χ0n) is 13.3. The first-order valence-corrected chi connectivity index (χ1v) is 7.93. The maximum Gasteiger partial charge on any atom is 0.317 e. The average Bonchev–Trinajstić information content (AvgIpc) is 2.97. The molecule has 1 saturated heterocycles. The van der Waals surface area contributed by atoms with Crippen LogP contribution in [-0.2, 0) is 6.42 Å². The summed E-state index contributed by atoms with van der Waals surface area (Å²) in [5.41, 5.74) is 1.00. The van der Waals surface area contributed by atoms with Crippen molar-refractivity contribution in [2.45, 2.75) is 45.2 Å². The van der Waals surface area contributed by atoms with Crippen molar-refractivity contribution in [2.24, 2.45) is 5.92 Å². The SMILES string of the molecule is CC(C)C(Cc1ccc(F)cc1)NC(=O)N1CCC[C@H]1CO. The molecule has 0 radical (unpaired) electrons. The highest BCUT2D eigenvalue weighted by molar-refractivity contribution is 5.75. The molecule has 4 nitrogen and oxygen atoms in total. The Morgan fingerprint density at radius 3 is 2.68 bits per heavy atom. The normalized spacial score (nSPS) is 19.5. The van der Waals surface area contributed by atoms with Crippen LogP contribution < -0.4 is 5.32 Å². The van der Waals surface area contributed by atoms with Crippen molar-refractivity contribution < 1.29 is 14.3 Å². The van der Waals surface area contributed by atoms with Gasteiger partial charge in [0.05, 0.1) is 12.6 Å². The van der Waals surface area contributed by atoms with Crippen LogP contribution in [0.15, 0.2) is 24.3 Å². The van der Waals surface area contributed by atoms with E-state index in [-0.39, 0.29) is 36.5 Å². The maximum absolute atomic E-state index is 13.0. The van der Waals surface area contributed by atoms with Gasteiger partial charge in [0.2, 0.25) is 0 Å². The number of aliphatic hydroxyl groups excluding tert-OH is 1. The van der Waals surface area contributed by atoms with Crippen LogP contribution in [0.2, 0.25) is 0 Å². The zero-order chi connectivity index (χ0) is 16.1. The summed E-state index contributed by atoms with van der Waals surface area (Å²) >= 11 is 0. The van der Waals surface area contributed by atoms with Gasteiger partial charge in [-0.25, -0.2) is 9.18 Å². The Morgan fingerprint density at radius 1 is 1.41 bits per heavy atom. The van der Waals surface area contributed by atoms with Crippen LogP contribution in [0.5, 0.6) is 0 Å². The minimum Gasteiger partial charge on any atom is -0.394 e. The molecular formula is C17H25FN2O2. The van der Waals surface area contributed by atoms with Crippen LogP contribution >= 0.6 is 0 Å². The predicted molar refractivity (Wildman–Crippen MR) is 84.1 cm³/mol. The quantitative estimate of drug-likeness (QED) is 0.878. The first-order chi connectivity index (χ1) is 10.5. The lowest BCUT2D eigenvalue weighted by atomic mass is 9.96. The largest absolute Gasteiger partial charge is 0.394 e. The minimum absolute atomic E-state index is 0.0116. The number of carbonyl (C=O) groups is 1. The summed E-state index contributed by atoms with van der Waals surface area (Å²) in [6, 6.07) is 6.19. The first-order valence-electron chi connectivity index (χ1n) is 7.93. The first kappa shape index (κ1) is 16.7. The number of nitrogens with one attached hydrogen (secondary N) is 1. The van der Waals surface area contributed by atoms with Crippen molar-refractivity contribution in [1.82, 2.24) is 10.2 Å². The second-order valence-corrected chi connectivity index (χ2v) is 6.30. The van der Waals surface area contributed by atoms with E-state index in [4.69, 9.17) is 0 Å². The molecule has 1 aromatic rings. The molecule has 0 bridgehead atoms. The van der Waals surface area contributed by atoms with Crippen molar-refractivity contribution in [3.63, 3.8) is 0 Å². The highest BCUT2D eigenvalue weighted by Crippen LogP contribution is 2.18. The lowest BCUT2D eigenvalue weighted by molar-refractivity contribution is 0.152. The van der Waals surface area contributed by atoms with E-state index in [1.165, 1.54) is 12.1 Å². The molecule has 0 spiro atoms. The van der Waals surface area contributed by atoms with Gasteiger partial charge in [0.1, 0.15) is 5.82 Å². The summed E-state index contributed by atoms with van der Waals surface area (Å²) in [4.78, 5) is 14.1. The highest BCUT2D eigenvalue weighted by Gasteiger charge is 2.29. The number of benzene rings is 1. The van der Waals surface area contributed by atoms with E-state index in [1.807, 2.05) is 0 Å². The maximum atomic E-state index is 13.0. The van der Waals surface area contributed by atoms with Crippen LogP contribution in [0.1, 0.15) is 32.3 Å². The molecule has 2 atom stereocenters. The topological polar surface area (TPSA) is 52.6 Å². The monoisotopic (exact) mass is 308 g/mol. The summed E-state index contributed by atoms with van der Waals surface area (Å²) in [6.07, 6.45) is 2.46. The molecular weight excluding hydrogens is 283 g/mol. The second kappa shape index (κ2) is 7.58. The number of urea groups is 1. The number of amides is 2. The number of halogens is 1. The Balaban J connectivity index is 1.99. The molecule has 1 aliphatic rings. The Labute approximate surface area is 131 Å². The molecule has 2 rings (SSSR count). The molecule has 5 heteroatoms. The van der Waals surface area contributed by atoms with Crippen LogP contribution in [0.4, 0.5) is 9.18 Å². The Bertz CT molecular complexity index is 490. The molecule has 22 heavy (non-hydrogen) atoms. The van der Waals surface area contributed by atoms with Gasteiger partial charge in [-0.2, -0.15) is 0 Å². The van der Waals surface area contributed by atoms with E-state index < -0.39 is 0 Å². The molecule has 1 aliphatic heterocycles. The van der Waals surface area contributed by atoms with Crippen molar-refractivity contribution in [2.75, 3.05) is 13.2 Å². The third-order valence-corrected chi connectivity index (χ3v) is 4.33. The van der Waals surface area contributed by atoms with Gasteiger partial charge in [-0.3, -0.25) is 0 Å². The van der Waals surface area contributed by atoms with Crippen molar-refractivity contribution >= 4 is 6.03 Å². The highest BCUT2D eigenvalue weighted by atomic mass is 19.1. The van der Waals surface area contributed by atoms with Crippen molar-refractivity contribution in [1.29, 1.82) is 0 Å². The fraction of sp³-hybridized carbons (Fsp3) is 0.588. The second-order valence-electron chi connectivity index (χ2n) is 6.30. The summed E-state index contributed by atoms with van der Waals surface area (Å²) < 4.78 is 13.0. The Kier molecular flexibility index (Phi) is 5.77. The molecule has 1 aromatic carbocycles. The van der Waals surface area contributed by atoms with Gasteiger partial charge >= 0.3 is 6.03 Å². The fourth-order valence-electron chi connectivity index (χ4n) is 2.86. The number of aliphatic hydroxyl groups is 1. The molecule has 1 unspecified atom stereocenters. The van der Waals surface area contributed by atoms with Crippen molar-refractivity contribution in [3.8, 4) is 0 Å². The summed E-state index contributed by atoms with van der Waals surface area (Å²) in [5, 5.41) is 12.4. The molecule has 2 N–H and O–H groups in total. The standard InChI is InChI=1S/C17H25FN2O2/c1-12(2)16(10-13-5-7-14(18)8-6-13)19-17(22)20-9-3-4-15(20)11-21/h5-8,12,15-16,21H,3-4,9-11H2,1-2H3,(H,19,22)/t15-,16?/m0/s1. The minimum atomic E-state index is -0.253. The van der Waals surface area contributed by atoms with Gasteiger partial charge in [0.15, 0.2) is 0 Å². The number of hydrogen-bond donors (Lipinski definition) is 2. The third kappa shape index (κ3) is 4.19. The lowest BCUT2D eigenvalue weighted by Crippen LogP contribution is -2.49. The van der Waals surface area contributed by atoms with Crippen LogP contribution in [0, 0.1) is 11.7 Å². The zero-order valence-corrected chi connectivity index (χ0v) is 13.3. The molecule has 1 fully saturated rings. The lowest BCUT2D eigenvalue weighted by Gasteiger charge is -2.29. The van der Waals surface area contributed by atoms with E-state index in [0.29, 0.717) is 13.0 Å². The number of likely N-dealkylation sites (tertiary alicyclic amines) is 1. The van der Waals surface area contributed by atoms with E-state index >= 15 is 0 Å². The summed E-state index contributed by atoms with van der Waals surface area (Å²) in [6.45, 7) is 4.82. The predicted octanol–water partition coefficient (Wildman–Crippen LogP) is 2.56. The number of hydrogen-bond acceptors (Lipinski definition) is 2. The van der Waals surface area contributed by atoms with E-state index in [9.17, 15) is 14.3 Å². The smallest absolute Gasteiger partial charge is 0.317 e. The van der Waals surface area contributed by atoms with Crippen LogP contribution in [0.3, 0.4) is 0 Å². The van der Waals surface area contributed by atoms with E-state index in [2.05, 4.69) is 19.2 Å². The van der Waals surface area contributed by atoms with Gasteiger partial charge in [-0.15, -0.1) is 0 Å². The Morgan fingerprint density at radius 2 is 2.09 bits per heavy atom. The summed E-state index contributed by atoms with van der Waals surface area (Å²) in [5.74, 6) is 0.0147. The van der Waals surface area contributed by atoms with Gasteiger partial charge < -0.3 is 15.3 Å². The Hall–Kier alpha value is -1.62. The fourth-order valence-corrected chi connectivity index (χ4v) is 2.86. The van der Waals surface area contributed by atoms with Crippen LogP contribution in [0.25, 0.3) is 0 Å². The number of nitrogens with zero attached hydrogens (tertiary/aromatic N) is 1. The molecule has 2 amide bonds. The van der Waals surface area contributed by atoms with Gasteiger partial charge in [-0.1, -0.05) is 26.0 Å². The van der Waals surface area contributed by atoms with Gasteiger partial charge in [0, 0.05) is 12.6 Å².